The highest BCUT2D eigenvalue weighted by molar-refractivity contribution is 6.09. The van der Waals surface area contributed by atoms with Crippen molar-refractivity contribution in [2.24, 2.45) is 0 Å². The number of hydrogen-bond acceptors (Lipinski definition) is 4. The predicted octanol–water partition coefficient (Wildman–Crippen LogP) is 1.35. The minimum Gasteiger partial charge on any atom is -0.345 e. The van der Waals surface area contributed by atoms with Gasteiger partial charge in [-0.05, 0) is 36.8 Å². The fraction of sp³-hybridized carbons (Fsp3) is 0.200. The van der Waals surface area contributed by atoms with E-state index in [1.165, 1.54) is 24.3 Å². The number of amides is 5. The third-order valence-corrected chi connectivity index (χ3v) is 4.50. The maximum Gasteiger partial charge on any atom is 0.325 e. The normalized spacial score (nSPS) is 18.3. The van der Waals surface area contributed by atoms with E-state index in [1.807, 2.05) is 0 Å². The van der Waals surface area contributed by atoms with Crippen LogP contribution in [0.4, 0.5) is 14.9 Å². The van der Waals surface area contributed by atoms with Crippen molar-refractivity contribution < 1.29 is 23.6 Å². The summed E-state index contributed by atoms with van der Waals surface area (Å²) in [5.41, 5.74) is -0.295. The maximum absolute atomic E-state index is 12.9. The summed E-state index contributed by atoms with van der Waals surface area (Å²) in [5, 5.41) is 7.44. The monoisotopic (exact) mass is 398 g/mol. The minimum absolute atomic E-state index is 0.365. The second-order valence-corrected chi connectivity index (χ2v) is 6.64. The molecule has 1 heterocycles. The molecule has 1 unspecified atom stereocenters. The van der Waals surface area contributed by atoms with Crippen LogP contribution in [0.15, 0.2) is 54.6 Å². The summed E-state index contributed by atoms with van der Waals surface area (Å²) in [7, 11) is 0. The smallest absolute Gasteiger partial charge is 0.325 e. The first-order valence-electron chi connectivity index (χ1n) is 8.81. The Labute approximate surface area is 166 Å². The van der Waals surface area contributed by atoms with Crippen LogP contribution in [0.25, 0.3) is 0 Å². The molecule has 9 heteroatoms. The molecule has 8 nitrogen and oxygen atoms in total. The van der Waals surface area contributed by atoms with Crippen LogP contribution in [-0.2, 0) is 19.9 Å². The Kier molecular flexibility index (Phi) is 5.58. The van der Waals surface area contributed by atoms with Crippen molar-refractivity contribution in [3.63, 3.8) is 0 Å². The average Bonchev–Trinajstić information content (AvgIpc) is 2.93. The molecule has 2 aromatic rings. The van der Waals surface area contributed by atoms with Gasteiger partial charge in [0.2, 0.25) is 11.8 Å². The van der Waals surface area contributed by atoms with Crippen LogP contribution >= 0.6 is 0 Å². The molecule has 0 bridgehead atoms. The number of rotatable bonds is 6. The van der Waals surface area contributed by atoms with E-state index >= 15 is 0 Å². The van der Waals surface area contributed by atoms with Gasteiger partial charge >= 0.3 is 6.03 Å². The van der Waals surface area contributed by atoms with Gasteiger partial charge in [0.15, 0.2) is 0 Å². The summed E-state index contributed by atoms with van der Waals surface area (Å²) < 4.78 is 12.9. The zero-order valence-electron chi connectivity index (χ0n) is 15.6. The first-order valence-corrected chi connectivity index (χ1v) is 8.81. The number of hydrogen-bond donors (Lipinski definition) is 3. The molecular formula is C20H19FN4O4. The quantitative estimate of drug-likeness (QED) is 0.639. The van der Waals surface area contributed by atoms with Gasteiger partial charge in [-0.2, -0.15) is 0 Å². The van der Waals surface area contributed by atoms with Gasteiger partial charge in [-0.25, -0.2) is 9.18 Å². The molecule has 1 fully saturated rings. The molecule has 3 rings (SSSR count). The maximum atomic E-state index is 12.9. The van der Waals surface area contributed by atoms with Gasteiger partial charge in [0.05, 0.1) is 6.54 Å². The zero-order valence-corrected chi connectivity index (χ0v) is 15.6. The van der Waals surface area contributed by atoms with Gasteiger partial charge in [-0.1, -0.05) is 30.3 Å². The van der Waals surface area contributed by atoms with Crippen molar-refractivity contribution in [3.05, 3.63) is 66.0 Å². The Hall–Kier alpha value is -3.75. The van der Waals surface area contributed by atoms with E-state index in [2.05, 4.69) is 16.0 Å². The van der Waals surface area contributed by atoms with E-state index in [4.69, 9.17) is 0 Å². The summed E-state index contributed by atoms with van der Waals surface area (Å²) in [4.78, 5) is 49.8. The molecule has 29 heavy (non-hydrogen) atoms. The highest BCUT2D eigenvalue weighted by Crippen LogP contribution is 2.28. The molecule has 0 radical (unpaired) electrons. The van der Waals surface area contributed by atoms with Crippen molar-refractivity contribution in [3.8, 4) is 0 Å². The van der Waals surface area contributed by atoms with E-state index in [0.29, 0.717) is 11.3 Å². The highest BCUT2D eigenvalue weighted by atomic mass is 19.1. The van der Waals surface area contributed by atoms with Crippen LogP contribution in [0.5, 0.6) is 0 Å². The van der Waals surface area contributed by atoms with Gasteiger partial charge in [0, 0.05) is 5.69 Å². The van der Waals surface area contributed by atoms with E-state index in [-0.39, 0.29) is 6.54 Å². The second-order valence-electron chi connectivity index (χ2n) is 6.64. The minimum atomic E-state index is -1.27. The first kappa shape index (κ1) is 20.0. The first-order chi connectivity index (χ1) is 13.8. The molecule has 5 amide bonds. The van der Waals surface area contributed by atoms with Crippen molar-refractivity contribution in [2.45, 2.75) is 12.5 Å². The van der Waals surface area contributed by atoms with E-state index < -0.39 is 41.7 Å². The number of benzene rings is 2. The molecule has 1 atom stereocenters. The van der Waals surface area contributed by atoms with Gasteiger partial charge in [-0.3, -0.25) is 19.3 Å². The summed E-state index contributed by atoms with van der Waals surface area (Å²) in [6.45, 7) is 0.684. The molecule has 2 aromatic carbocycles. The van der Waals surface area contributed by atoms with Crippen LogP contribution in [-0.4, -0.2) is 41.7 Å². The third kappa shape index (κ3) is 4.40. The summed E-state index contributed by atoms with van der Waals surface area (Å²) in [6, 6.07) is 13.2. The number of carbonyl (C=O) groups is 4. The van der Waals surface area contributed by atoms with Crippen LogP contribution in [0, 0.1) is 5.82 Å². The molecule has 1 aliphatic rings. The lowest BCUT2D eigenvalue weighted by atomic mass is 9.92. The highest BCUT2D eigenvalue weighted by Gasteiger charge is 2.49. The van der Waals surface area contributed by atoms with Crippen LogP contribution in [0.3, 0.4) is 0 Å². The number of urea groups is 1. The Morgan fingerprint density at radius 2 is 1.69 bits per heavy atom. The number of anilines is 1. The molecule has 1 saturated heterocycles. The Morgan fingerprint density at radius 3 is 2.34 bits per heavy atom. The summed E-state index contributed by atoms with van der Waals surface area (Å²) in [5.74, 6) is -2.19. The van der Waals surface area contributed by atoms with Crippen LogP contribution in [0.1, 0.15) is 12.5 Å². The van der Waals surface area contributed by atoms with E-state index in [1.54, 1.807) is 37.3 Å². The molecular weight excluding hydrogens is 379 g/mol. The predicted molar refractivity (Wildman–Crippen MR) is 102 cm³/mol. The lowest BCUT2D eigenvalue weighted by molar-refractivity contribution is -0.135. The largest absolute Gasteiger partial charge is 0.345 e. The Bertz CT molecular complexity index is 949. The Balaban J connectivity index is 1.55. The fourth-order valence-corrected chi connectivity index (χ4v) is 2.92. The Morgan fingerprint density at radius 1 is 1.03 bits per heavy atom. The van der Waals surface area contributed by atoms with Crippen LogP contribution < -0.4 is 16.0 Å². The molecule has 3 N–H and O–H groups in total. The SMILES string of the molecule is CC1(c2ccccc2)NC(=O)N(CC(=O)NCC(=O)Nc2ccc(F)cc2)C1=O. The molecule has 1 aliphatic heterocycles. The lowest BCUT2D eigenvalue weighted by Crippen LogP contribution is -2.44. The number of imide groups is 1. The van der Waals surface area contributed by atoms with Gasteiger partial charge in [0.25, 0.3) is 5.91 Å². The van der Waals surface area contributed by atoms with Crippen molar-refractivity contribution in [2.75, 3.05) is 18.4 Å². The third-order valence-electron chi connectivity index (χ3n) is 4.50. The number of halogens is 1. The van der Waals surface area contributed by atoms with Gasteiger partial charge in [-0.15, -0.1) is 0 Å². The standard InChI is InChI=1S/C20H19FN4O4/c1-20(13-5-3-2-4-6-13)18(28)25(19(29)24-20)12-17(27)22-11-16(26)23-15-9-7-14(21)8-10-15/h2-10H,11-12H2,1H3,(H,22,27)(H,23,26)(H,24,29). The summed E-state index contributed by atoms with van der Waals surface area (Å²) in [6.07, 6.45) is 0. The number of carbonyl (C=O) groups excluding carboxylic acids is 4. The molecule has 0 aliphatic carbocycles. The fourth-order valence-electron chi connectivity index (χ4n) is 2.92. The van der Waals surface area contributed by atoms with E-state index in [0.717, 1.165) is 4.90 Å². The topological polar surface area (TPSA) is 108 Å². The lowest BCUT2D eigenvalue weighted by Gasteiger charge is -2.22. The van der Waals surface area contributed by atoms with Crippen molar-refractivity contribution in [1.29, 1.82) is 0 Å². The van der Waals surface area contributed by atoms with Crippen LogP contribution in [0.2, 0.25) is 0 Å². The van der Waals surface area contributed by atoms with E-state index in [9.17, 15) is 23.6 Å². The van der Waals surface area contributed by atoms with Gasteiger partial charge in [0.1, 0.15) is 17.9 Å². The molecule has 150 valence electrons. The van der Waals surface area contributed by atoms with Crippen molar-refractivity contribution in [1.82, 2.24) is 15.5 Å². The molecule has 0 saturated carbocycles. The molecule has 0 spiro atoms. The number of nitrogens with one attached hydrogen (secondary N) is 3. The summed E-state index contributed by atoms with van der Waals surface area (Å²) >= 11 is 0. The second kappa shape index (κ2) is 8.09. The number of nitrogens with zero attached hydrogens (tertiary/aromatic N) is 1. The van der Waals surface area contributed by atoms with Crippen molar-refractivity contribution >= 4 is 29.4 Å². The zero-order chi connectivity index (χ0) is 21.0. The molecule has 0 aromatic heterocycles. The van der Waals surface area contributed by atoms with Gasteiger partial charge < -0.3 is 16.0 Å². The average molecular weight is 398 g/mol.